The van der Waals surface area contributed by atoms with E-state index in [1.807, 2.05) is 6.92 Å². The first-order valence-electron chi connectivity index (χ1n) is 14.6. The van der Waals surface area contributed by atoms with Gasteiger partial charge in [-0.1, -0.05) is 41.5 Å². The van der Waals surface area contributed by atoms with E-state index in [1.54, 1.807) is 34.6 Å². The average Bonchev–Trinajstić information content (AvgIpc) is 3.07. The quantitative estimate of drug-likeness (QED) is 0.447. The van der Waals surface area contributed by atoms with Gasteiger partial charge in [-0.3, -0.25) is 33.6 Å². The normalized spacial score (nSPS) is 37.6. The van der Waals surface area contributed by atoms with Gasteiger partial charge in [-0.2, -0.15) is 0 Å². The lowest BCUT2D eigenvalue weighted by Crippen LogP contribution is -2.64. The summed E-state index contributed by atoms with van der Waals surface area (Å²) < 4.78 is 5.78. The fraction of sp³-hybridized carbons (Fsp3) is 0.719. The molecule has 0 bridgehead atoms. The van der Waals surface area contributed by atoms with E-state index in [9.17, 15) is 38.7 Å². The topological polar surface area (TPSA) is 149 Å². The number of carbonyl (C=O) groups is 7. The van der Waals surface area contributed by atoms with Crippen molar-refractivity contribution in [3.8, 4) is 0 Å². The van der Waals surface area contributed by atoms with Crippen molar-refractivity contribution in [2.75, 3.05) is 0 Å². The van der Waals surface area contributed by atoms with Crippen LogP contribution in [-0.4, -0.2) is 52.1 Å². The highest BCUT2D eigenvalue weighted by atomic mass is 16.5. The number of hydrogen-bond donors (Lipinski definition) is 1. The van der Waals surface area contributed by atoms with Gasteiger partial charge >= 0.3 is 11.9 Å². The third-order valence-corrected chi connectivity index (χ3v) is 11.5. The van der Waals surface area contributed by atoms with Gasteiger partial charge in [0.1, 0.15) is 17.3 Å². The van der Waals surface area contributed by atoms with E-state index in [2.05, 4.69) is 0 Å². The van der Waals surface area contributed by atoms with Crippen LogP contribution in [0.3, 0.4) is 0 Å². The number of carboxylic acids is 1. The Kier molecular flexibility index (Phi) is 7.41. The van der Waals surface area contributed by atoms with Crippen LogP contribution in [0.5, 0.6) is 0 Å². The Morgan fingerprint density at radius 3 is 2.10 bits per heavy atom. The lowest BCUT2D eigenvalue weighted by atomic mass is 9.42. The Bertz CT molecular complexity index is 1300. The highest BCUT2D eigenvalue weighted by Gasteiger charge is 2.74. The lowest BCUT2D eigenvalue weighted by molar-refractivity contribution is -0.175. The van der Waals surface area contributed by atoms with Gasteiger partial charge < -0.3 is 9.84 Å². The fourth-order valence-electron chi connectivity index (χ4n) is 8.99. The monoisotopic (exact) mass is 570 g/mol. The van der Waals surface area contributed by atoms with Crippen molar-refractivity contribution in [1.29, 1.82) is 0 Å². The predicted octanol–water partition coefficient (Wildman–Crippen LogP) is 4.09. The van der Waals surface area contributed by atoms with Gasteiger partial charge in [-0.25, -0.2) is 0 Å². The number of carbonyl (C=O) groups excluding carboxylic acids is 6. The number of allylic oxidation sites excluding steroid dienone is 1. The molecule has 0 amide bonds. The van der Waals surface area contributed by atoms with Crippen molar-refractivity contribution in [2.45, 2.75) is 100 Å². The number of carboxylic acid groups (broad SMARTS) is 1. The first-order valence-corrected chi connectivity index (χ1v) is 14.6. The zero-order valence-electron chi connectivity index (χ0n) is 25.3. The van der Waals surface area contributed by atoms with E-state index in [1.165, 1.54) is 13.8 Å². The minimum Gasteiger partial charge on any atom is -0.481 e. The van der Waals surface area contributed by atoms with Crippen LogP contribution in [0, 0.1) is 45.3 Å². The molecule has 0 unspecified atom stereocenters. The second-order valence-corrected chi connectivity index (χ2v) is 14.2. The molecule has 9 heteroatoms. The molecule has 0 radical (unpaired) electrons. The van der Waals surface area contributed by atoms with Crippen LogP contribution in [0.1, 0.15) is 93.9 Å². The first-order chi connectivity index (χ1) is 18.8. The molecule has 0 aliphatic heterocycles. The Morgan fingerprint density at radius 2 is 1.54 bits per heavy atom. The number of aliphatic carboxylic acids is 1. The van der Waals surface area contributed by atoms with E-state index in [0.717, 1.165) is 0 Å². The molecular weight excluding hydrogens is 528 g/mol. The molecule has 224 valence electrons. The maximum atomic E-state index is 14.6. The summed E-state index contributed by atoms with van der Waals surface area (Å²) >= 11 is 0. The van der Waals surface area contributed by atoms with Gasteiger partial charge in [-0.15, -0.1) is 0 Å². The lowest BCUT2D eigenvalue weighted by Gasteiger charge is -2.59. The number of ether oxygens (including phenoxy) is 1. The third-order valence-electron chi connectivity index (χ3n) is 11.5. The largest absolute Gasteiger partial charge is 0.481 e. The number of esters is 1. The van der Waals surface area contributed by atoms with Crippen LogP contribution < -0.4 is 0 Å². The molecule has 0 heterocycles. The molecule has 8 atom stereocenters. The molecule has 4 aliphatic carbocycles. The van der Waals surface area contributed by atoms with Gasteiger partial charge in [0.05, 0.1) is 11.3 Å². The number of ketones is 5. The van der Waals surface area contributed by atoms with Crippen LogP contribution >= 0.6 is 0 Å². The van der Waals surface area contributed by atoms with Gasteiger partial charge in [0.25, 0.3) is 0 Å². The molecule has 2 saturated carbocycles. The standard InChI is InChI=1S/C32H42O9/c1-15(11-18(34)12-16(2)28(39)40)19-13-23(37)32(8)24-20(35)14-21-29(4,5)22(36)9-10-30(21,6)25(24)26(38)27(31(19,32)7)41-17(3)33/h15-16,19,21,27H,9-14H2,1-8H3,(H,39,40)/t15-,16-,19-,21-,27-,30+,31+,32+/m1/s1. The summed E-state index contributed by atoms with van der Waals surface area (Å²) in [4.78, 5) is 92.3. The second kappa shape index (κ2) is 9.80. The maximum absolute atomic E-state index is 14.6. The highest BCUT2D eigenvalue weighted by molar-refractivity contribution is 6.18. The molecule has 4 rings (SSSR count). The predicted molar refractivity (Wildman–Crippen MR) is 146 cm³/mol. The highest BCUT2D eigenvalue weighted by Crippen LogP contribution is 2.70. The second-order valence-electron chi connectivity index (χ2n) is 14.2. The average molecular weight is 571 g/mol. The molecule has 41 heavy (non-hydrogen) atoms. The summed E-state index contributed by atoms with van der Waals surface area (Å²) in [6, 6.07) is 0. The minimum atomic E-state index is -1.46. The van der Waals surface area contributed by atoms with Crippen molar-refractivity contribution >= 4 is 40.9 Å². The number of fused-ring (bicyclic) bond motifs is 4. The molecule has 1 N–H and O–H groups in total. The molecule has 0 aromatic rings. The Morgan fingerprint density at radius 1 is 0.927 bits per heavy atom. The number of rotatable bonds is 7. The van der Waals surface area contributed by atoms with Gasteiger partial charge in [0.15, 0.2) is 11.9 Å². The van der Waals surface area contributed by atoms with E-state index in [4.69, 9.17) is 4.74 Å². The van der Waals surface area contributed by atoms with Gasteiger partial charge in [0, 0.05) is 66.4 Å². The molecule has 0 spiro atoms. The summed E-state index contributed by atoms with van der Waals surface area (Å²) in [7, 11) is 0. The SMILES string of the molecule is CC(=O)O[C@@H]1C(=O)C2=C(C(=O)C[C@@H]3C(C)(C)C(=O)CC[C@]23C)[C@]2(C)C(=O)C[C@H]([C@H](C)CC(=O)C[C@@H](C)C(=O)O)[C@@]12C. The molecule has 4 aliphatic rings. The van der Waals surface area contributed by atoms with Crippen LogP contribution in [-0.2, 0) is 38.3 Å². The van der Waals surface area contributed by atoms with Crippen molar-refractivity contribution in [2.24, 2.45) is 45.3 Å². The number of hydrogen-bond acceptors (Lipinski definition) is 8. The maximum Gasteiger partial charge on any atom is 0.306 e. The van der Waals surface area contributed by atoms with Gasteiger partial charge in [-0.05, 0) is 31.1 Å². The Balaban J connectivity index is 1.89. The zero-order chi connectivity index (χ0) is 31.0. The summed E-state index contributed by atoms with van der Waals surface area (Å²) in [5, 5.41) is 9.23. The first kappa shape index (κ1) is 31.0. The van der Waals surface area contributed by atoms with Crippen LogP contribution in [0.25, 0.3) is 0 Å². The molecule has 0 aromatic carbocycles. The smallest absolute Gasteiger partial charge is 0.306 e. The Hall–Kier alpha value is -2.97. The van der Waals surface area contributed by atoms with Crippen LogP contribution in [0.4, 0.5) is 0 Å². The van der Waals surface area contributed by atoms with Gasteiger partial charge in [0.2, 0.25) is 5.78 Å². The zero-order valence-corrected chi connectivity index (χ0v) is 25.3. The molecule has 2 fully saturated rings. The Labute approximate surface area is 240 Å². The van der Waals surface area contributed by atoms with Crippen molar-refractivity contribution < 1.29 is 43.4 Å². The van der Waals surface area contributed by atoms with Crippen LogP contribution in [0.15, 0.2) is 11.1 Å². The number of Topliss-reactive ketones (excluding diaryl/α,β-unsaturated/α-hetero) is 5. The van der Waals surface area contributed by atoms with Crippen LogP contribution in [0.2, 0.25) is 0 Å². The van der Waals surface area contributed by atoms with Crippen molar-refractivity contribution in [1.82, 2.24) is 0 Å². The summed E-state index contributed by atoms with van der Waals surface area (Å²) in [6.07, 6.45) is -0.948. The molecular formula is C32H42O9. The van der Waals surface area contributed by atoms with E-state index in [-0.39, 0.29) is 66.4 Å². The van der Waals surface area contributed by atoms with Crippen molar-refractivity contribution in [3.05, 3.63) is 11.1 Å². The summed E-state index contributed by atoms with van der Waals surface area (Å²) in [6.45, 7) is 13.3. The molecule has 0 saturated heterocycles. The fourth-order valence-corrected chi connectivity index (χ4v) is 8.99. The van der Waals surface area contributed by atoms with Crippen molar-refractivity contribution in [3.63, 3.8) is 0 Å². The summed E-state index contributed by atoms with van der Waals surface area (Å²) in [5.41, 5.74) is -4.09. The van der Waals surface area contributed by atoms with E-state index in [0.29, 0.717) is 6.42 Å². The minimum absolute atomic E-state index is 0.0157. The van der Waals surface area contributed by atoms with E-state index >= 15 is 0 Å². The van der Waals surface area contributed by atoms with E-state index < -0.39 is 69.2 Å². The third kappa shape index (κ3) is 4.20. The molecule has 9 nitrogen and oxygen atoms in total. The summed E-state index contributed by atoms with van der Waals surface area (Å²) in [5.74, 6) is -5.46. The molecule has 0 aromatic heterocycles.